The molecule has 2 aliphatic rings. The predicted octanol–water partition coefficient (Wildman–Crippen LogP) is 2.04. The fourth-order valence-electron chi connectivity index (χ4n) is 3.50. The van der Waals surface area contributed by atoms with Crippen molar-refractivity contribution in [1.82, 2.24) is 19.7 Å². The molecule has 7 heteroatoms. The van der Waals surface area contributed by atoms with Crippen LogP contribution in [-0.4, -0.2) is 55.3 Å². The molecule has 4 heterocycles. The first-order valence-electron chi connectivity index (χ1n) is 8.50. The van der Waals surface area contributed by atoms with Gasteiger partial charge in [-0.2, -0.15) is 5.10 Å². The third kappa shape index (κ3) is 3.43. The number of amides is 1. The minimum atomic E-state index is 0.0279. The zero-order chi connectivity index (χ0) is 17.4. The van der Waals surface area contributed by atoms with Crippen molar-refractivity contribution < 1.29 is 9.53 Å². The van der Waals surface area contributed by atoms with Crippen LogP contribution in [0.5, 0.6) is 0 Å². The summed E-state index contributed by atoms with van der Waals surface area (Å²) in [6.45, 7) is 4.12. The summed E-state index contributed by atoms with van der Waals surface area (Å²) in [6, 6.07) is 7.78. The third-order valence-corrected chi connectivity index (χ3v) is 6.34. The Morgan fingerprint density at radius 3 is 2.96 bits per heavy atom. The molecule has 6 nitrogen and oxygen atoms in total. The summed E-state index contributed by atoms with van der Waals surface area (Å²) in [5, 5.41) is 4.20. The van der Waals surface area contributed by atoms with E-state index in [2.05, 4.69) is 10.1 Å². The molecule has 0 aromatic carbocycles. The molecule has 132 valence electrons. The smallest absolute Gasteiger partial charge is 0.274 e. The number of thioether (sulfide) groups is 1. The fraction of sp³-hybridized carbons (Fsp3) is 0.500. The van der Waals surface area contributed by atoms with E-state index in [0.29, 0.717) is 12.3 Å². The molecule has 2 aromatic heterocycles. The van der Waals surface area contributed by atoms with Crippen LogP contribution in [0.25, 0.3) is 0 Å². The van der Waals surface area contributed by atoms with E-state index in [1.165, 1.54) is 0 Å². The number of aromatic nitrogens is 3. The maximum atomic E-state index is 12.4. The second-order valence-corrected chi connectivity index (χ2v) is 8.43. The van der Waals surface area contributed by atoms with Crippen molar-refractivity contribution in [3.8, 4) is 0 Å². The van der Waals surface area contributed by atoms with Gasteiger partial charge in [-0.3, -0.25) is 14.5 Å². The van der Waals surface area contributed by atoms with Crippen LogP contribution in [0.1, 0.15) is 28.3 Å². The lowest BCUT2D eigenvalue weighted by atomic mass is 9.92. The van der Waals surface area contributed by atoms with Gasteiger partial charge in [0.25, 0.3) is 5.91 Å². The van der Waals surface area contributed by atoms with Gasteiger partial charge in [-0.15, -0.1) is 11.8 Å². The molecular formula is C18H22N4O2S. The van der Waals surface area contributed by atoms with E-state index in [-0.39, 0.29) is 16.8 Å². The molecule has 25 heavy (non-hydrogen) atoms. The van der Waals surface area contributed by atoms with Crippen molar-refractivity contribution in [2.75, 3.05) is 18.8 Å². The summed E-state index contributed by atoms with van der Waals surface area (Å²) >= 11 is 1.93. The summed E-state index contributed by atoms with van der Waals surface area (Å²) in [4.78, 5) is 18.8. The van der Waals surface area contributed by atoms with Gasteiger partial charge in [0.2, 0.25) is 0 Å². The summed E-state index contributed by atoms with van der Waals surface area (Å²) in [5.74, 6) is 1.01. The van der Waals surface area contributed by atoms with Crippen LogP contribution in [-0.2, 0) is 18.4 Å². The fourth-order valence-corrected chi connectivity index (χ4v) is 5.05. The summed E-state index contributed by atoms with van der Waals surface area (Å²) in [6.07, 6.45) is 3.03. The molecule has 0 unspecified atom stereocenters. The molecule has 2 saturated heterocycles. The molecule has 0 aliphatic carbocycles. The Balaban J connectivity index is 1.28. The molecule has 1 atom stereocenters. The van der Waals surface area contributed by atoms with Gasteiger partial charge < -0.3 is 9.64 Å². The van der Waals surface area contributed by atoms with Crippen molar-refractivity contribution in [2.45, 2.75) is 30.8 Å². The van der Waals surface area contributed by atoms with E-state index in [4.69, 9.17) is 4.74 Å². The SMILES string of the molecule is Cc1cccc(CO[C@H]2CSC3(C2)CN(C(=O)c2ccn(C)n2)C3)n1. The largest absolute Gasteiger partial charge is 0.371 e. The summed E-state index contributed by atoms with van der Waals surface area (Å²) in [7, 11) is 1.83. The van der Waals surface area contributed by atoms with Gasteiger partial charge in [-0.05, 0) is 31.5 Å². The van der Waals surface area contributed by atoms with Crippen molar-refractivity contribution in [3.63, 3.8) is 0 Å². The van der Waals surface area contributed by atoms with Gasteiger partial charge >= 0.3 is 0 Å². The molecule has 2 aromatic rings. The minimum absolute atomic E-state index is 0.0279. The van der Waals surface area contributed by atoms with Crippen LogP contribution in [0.4, 0.5) is 0 Å². The number of ether oxygens (including phenoxy) is 1. The number of hydrogen-bond donors (Lipinski definition) is 0. The van der Waals surface area contributed by atoms with Crippen molar-refractivity contribution in [2.24, 2.45) is 7.05 Å². The Morgan fingerprint density at radius 2 is 2.24 bits per heavy atom. The van der Waals surface area contributed by atoms with Crippen LogP contribution in [0.3, 0.4) is 0 Å². The highest BCUT2D eigenvalue weighted by atomic mass is 32.2. The van der Waals surface area contributed by atoms with Crippen molar-refractivity contribution >= 4 is 17.7 Å². The first kappa shape index (κ1) is 16.6. The molecule has 2 aliphatic heterocycles. The quantitative estimate of drug-likeness (QED) is 0.837. The van der Waals surface area contributed by atoms with E-state index >= 15 is 0 Å². The topological polar surface area (TPSA) is 60.2 Å². The van der Waals surface area contributed by atoms with E-state index in [1.54, 1.807) is 16.9 Å². The molecule has 0 radical (unpaired) electrons. The first-order chi connectivity index (χ1) is 12.0. The lowest BCUT2D eigenvalue weighted by Crippen LogP contribution is -2.60. The Kier molecular flexibility index (Phi) is 4.29. The second kappa shape index (κ2) is 6.46. The molecule has 4 rings (SSSR count). The minimum Gasteiger partial charge on any atom is -0.371 e. The number of carbonyl (C=O) groups excluding carboxylic acids is 1. The standard InChI is InChI=1S/C18H22N4O2S/c1-13-4-3-5-14(19-13)9-24-15-8-18(25-10-15)11-22(12-18)17(23)16-6-7-21(2)20-16/h3-7,15H,8-12H2,1-2H3/t15-/m1/s1. The van der Waals surface area contributed by atoms with E-state index in [0.717, 1.165) is 36.7 Å². The molecular weight excluding hydrogens is 336 g/mol. The van der Waals surface area contributed by atoms with Gasteiger partial charge in [0.05, 0.1) is 23.2 Å². The van der Waals surface area contributed by atoms with Gasteiger partial charge in [-0.1, -0.05) is 6.07 Å². The monoisotopic (exact) mass is 358 g/mol. The van der Waals surface area contributed by atoms with Gasteiger partial charge in [0.15, 0.2) is 0 Å². The second-order valence-electron chi connectivity index (χ2n) is 6.94. The predicted molar refractivity (Wildman–Crippen MR) is 96.5 cm³/mol. The van der Waals surface area contributed by atoms with Crippen LogP contribution >= 0.6 is 11.8 Å². The Hall–Kier alpha value is -1.86. The van der Waals surface area contributed by atoms with Crippen LogP contribution in [0.15, 0.2) is 30.5 Å². The lowest BCUT2D eigenvalue weighted by molar-refractivity contribution is 0.0242. The third-order valence-electron chi connectivity index (χ3n) is 4.77. The maximum absolute atomic E-state index is 12.4. The summed E-state index contributed by atoms with van der Waals surface area (Å²) < 4.78 is 7.88. The molecule has 0 saturated carbocycles. The molecule has 1 amide bonds. The zero-order valence-electron chi connectivity index (χ0n) is 14.5. The van der Waals surface area contributed by atoms with Crippen molar-refractivity contribution in [3.05, 3.63) is 47.5 Å². The van der Waals surface area contributed by atoms with Gasteiger partial charge in [0, 0.05) is 37.8 Å². The number of aryl methyl sites for hydroxylation is 2. The average Bonchev–Trinajstić information content (AvgIpc) is 3.18. The summed E-state index contributed by atoms with van der Waals surface area (Å²) in [5.41, 5.74) is 2.52. The maximum Gasteiger partial charge on any atom is 0.274 e. The number of likely N-dealkylation sites (tertiary alicyclic amines) is 1. The number of pyridine rings is 1. The number of carbonyl (C=O) groups is 1. The van der Waals surface area contributed by atoms with E-state index in [1.807, 2.05) is 48.8 Å². The Bertz CT molecular complexity index is 785. The zero-order valence-corrected chi connectivity index (χ0v) is 15.3. The van der Waals surface area contributed by atoms with Gasteiger partial charge in [0.1, 0.15) is 5.69 Å². The molecule has 2 fully saturated rings. The van der Waals surface area contributed by atoms with Crippen LogP contribution in [0, 0.1) is 6.92 Å². The molecule has 0 N–H and O–H groups in total. The normalized spacial score (nSPS) is 21.5. The highest BCUT2D eigenvalue weighted by Crippen LogP contribution is 2.46. The number of hydrogen-bond acceptors (Lipinski definition) is 5. The van der Waals surface area contributed by atoms with E-state index < -0.39 is 0 Å². The molecule has 0 bridgehead atoms. The number of nitrogens with zero attached hydrogens (tertiary/aromatic N) is 4. The Morgan fingerprint density at radius 1 is 1.40 bits per heavy atom. The molecule has 1 spiro atoms. The van der Waals surface area contributed by atoms with E-state index in [9.17, 15) is 4.79 Å². The lowest BCUT2D eigenvalue weighted by Gasteiger charge is -2.47. The van der Waals surface area contributed by atoms with Crippen LogP contribution in [0.2, 0.25) is 0 Å². The first-order valence-corrected chi connectivity index (χ1v) is 9.49. The number of rotatable bonds is 4. The van der Waals surface area contributed by atoms with Crippen LogP contribution < -0.4 is 0 Å². The average molecular weight is 358 g/mol. The highest BCUT2D eigenvalue weighted by Gasteiger charge is 2.51. The Labute approximate surface area is 151 Å². The highest BCUT2D eigenvalue weighted by molar-refractivity contribution is 8.01. The van der Waals surface area contributed by atoms with Gasteiger partial charge in [-0.25, -0.2) is 0 Å². The van der Waals surface area contributed by atoms with Crippen molar-refractivity contribution in [1.29, 1.82) is 0 Å².